The summed E-state index contributed by atoms with van der Waals surface area (Å²) in [6, 6.07) is 9.45. The molecule has 0 aliphatic rings. The number of nitrogens with one attached hydrogen (secondary N) is 1. The zero-order valence-corrected chi connectivity index (χ0v) is 11.5. The van der Waals surface area contributed by atoms with Gasteiger partial charge in [0.2, 0.25) is 10.0 Å². The summed E-state index contributed by atoms with van der Waals surface area (Å²) in [6.07, 6.45) is 1.54. The Kier molecular flexibility index (Phi) is 5.95. The number of alkyl halides is 1. The lowest BCUT2D eigenvalue weighted by Crippen LogP contribution is -2.29. The van der Waals surface area contributed by atoms with Gasteiger partial charge in [-0.2, -0.15) is 0 Å². The van der Waals surface area contributed by atoms with E-state index in [-0.39, 0.29) is 17.7 Å². The number of unbranched alkanes of at least 4 members (excludes halogenated alkanes) is 1. The molecule has 0 aliphatic heterocycles. The molecule has 0 spiro atoms. The first-order chi connectivity index (χ1) is 8.05. The Labute approximate surface area is 108 Å². The van der Waals surface area contributed by atoms with Crippen molar-refractivity contribution < 1.29 is 8.42 Å². The molecule has 1 aromatic rings. The predicted molar refractivity (Wildman–Crippen MR) is 71.7 cm³/mol. The number of hydrogen-bond acceptors (Lipinski definition) is 2. The van der Waals surface area contributed by atoms with Crippen LogP contribution < -0.4 is 4.72 Å². The minimum absolute atomic E-state index is 0.169. The maximum atomic E-state index is 11.6. The molecule has 0 aromatic heterocycles. The molecule has 1 N–H and O–H groups in total. The summed E-state index contributed by atoms with van der Waals surface area (Å²) < 4.78 is 25.6. The van der Waals surface area contributed by atoms with E-state index in [1.807, 2.05) is 37.3 Å². The SMILES string of the molecule is CCCCS(=O)(=O)NCC(Cl)c1ccccc1. The van der Waals surface area contributed by atoms with Crippen LogP contribution in [0.2, 0.25) is 0 Å². The highest BCUT2D eigenvalue weighted by atomic mass is 35.5. The third-order valence-corrected chi connectivity index (χ3v) is 4.25. The molecule has 96 valence electrons. The molecule has 0 amide bonds. The summed E-state index contributed by atoms with van der Waals surface area (Å²) in [6.45, 7) is 2.20. The van der Waals surface area contributed by atoms with Gasteiger partial charge in [0.25, 0.3) is 0 Å². The summed E-state index contributed by atoms with van der Waals surface area (Å²) in [4.78, 5) is 0. The molecule has 17 heavy (non-hydrogen) atoms. The van der Waals surface area contributed by atoms with Crippen LogP contribution in [0.1, 0.15) is 30.7 Å². The summed E-state index contributed by atoms with van der Waals surface area (Å²) in [5.74, 6) is 0.169. The lowest BCUT2D eigenvalue weighted by molar-refractivity contribution is 0.577. The maximum Gasteiger partial charge on any atom is 0.211 e. The van der Waals surface area contributed by atoms with Gasteiger partial charge in [0.1, 0.15) is 0 Å². The van der Waals surface area contributed by atoms with Gasteiger partial charge in [0.15, 0.2) is 0 Å². The smallest absolute Gasteiger partial charge is 0.211 e. The molecular formula is C12H18ClNO2S. The first-order valence-corrected chi connectivity index (χ1v) is 7.80. The Balaban J connectivity index is 2.46. The van der Waals surface area contributed by atoms with Crippen molar-refractivity contribution in [2.45, 2.75) is 25.1 Å². The number of benzene rings is 1. The molecule has 3 nitrogen and oxygen atoms in total. The Morgan fingerprint density at radius 1 is 1.29 bits per heavy atom. The Bertz CT molecular complexity index is 419. The molecule has 5 heteroatoms. The topological polar surface area (TPSA) is 46.2 Å². The molecule has 1 rings (SSSR count). The van der Waals surface area contributed by atoms with Crippen LogP contribution in [-0.2, 0) is 10.0 Å². The van der Waals surface area contributed by atoms with E-state index in [1.165, 1.54) is 0 Å². The van der Waals surface area contributed by atoms with Gasteiger partial charge in [0.05, 0.1) is 11.1 Å². The molecule has 1 aromatic carbocycles. The van der Waals surface area contributed by atoms with Crippen LogP contribution in [0.3, 0.4) is 0 Å². The van der Waals surface area contributed by atoms with Gasteiger partial charge in [-0.3, -0.25) is 0 Å². The van der Waals surface area contributed by atoms with Gasteiger partial charge in [0, 0.05) is 6.54 Å². The van der Waals surface area contributed by atoms with E-state index in [1.54, 1.807) is 0 Å². The molecular weight excluding hydrogens is 258 g/mol. The average molecular weight is 276 g/mol. The highest BCUT2D eigenvalue weighted by Crippen LogP contribution is 2.18. The zero-order chi connectivity index (χ0) is 12.7. The van der Waals surface area contributed by atoms with Crippen LogP contribution in [0.5, 0.6) is 0 Å². The molecule has 0 bridgehead atoms. The second-order valence-electron chi connectivity index (χ2n) is 3.90. The molecule has 1 atom stereocenters. The third-order valence-electron chi connectivity index (χ3n) is 2.41. The average Bonchev–Trinajstić information content (AvgIpc) is 2.35. The number of rotatable bonds is 7. The van der Waals surface area contributed by atoms with Crippen molar-refractivity contribution >= 4 is 21.6 Å². The van der Waals surface area contributed by atoms with Crippen LogP contribution in [-0.4, -0.2) is 20.7 Å². The van der Waals surface area contributed by atoms with Crippen molar-refractivity contribution in [2.75, 3.05) is 12.3 Å². The van der Waals surface area contributed by atoms with Crippen molar-refractivity contribution in [2.24, 2.45) is 0 Å². The highest BCUT2D eigenvalue weighted by Gasteiger charge is 2.13. The molecule has 0 saturated carbocycles. The van der Waals surface area contributed by atoms with Crippen molar-refractivity contribution in [1.82, 2.24) is 4.72 Å². The van der Waals surface area contributed by atoms with Gasteiger partial charge in [-0.25, -0.2) is 13.1 Å². The van der Waals surface area contributed by atoms with E-state index in [0.717, 1.165) is 12.0 Å². The Hall–Kier alpha value is -0.580. The molecule has 0 fully saturated rings. The molecule has 0 radical (unpaired) electrons. The number of hydrogen-bond donors (Lipinski definition) is 1. The fraction of sp³-hybridized carbons (Fsp3) is 0.500. The van der Waals surface area contributed by atoms with Crippen LogP contribution in [0.4, 0.5) is 0 Å². The van der Waals surface area contributed by atoms with Crippen molar-refractivity contribution in [3.8, 4) is 0 Å². The second-order valence-corrected chi connectivity index (χ2v) is 6.35. The Morgan fingerprint density at radius 2 is 1.94 bits per heavy atom. The van der Waals surface area contributed by atoms with Crippen LogP contribution in [0.15, 0.2) is 30.3 Å². The summed E-state index contributed by atoms with van der Waals surface area (Å²) in [5, 5.41) is -0.326. The zero-order valence-electron chi connectivity index (χ0n) is 9.90. The maximum absolute atomic E-state index is 11.6. The second kappa shape index (κ2) is 6.99. The van der Waals surface area contributed by atoms with Crippen LogP contribution in [0, 0.1) is 0 Å². The third kappa shape index (κ3) is 5.52. The quantitative estimate of drug-likeness (QED) is 0.778. The van der Waals surface area contributed by atoms with E-state index in [0.29, 0.717) is 6.42 Å². The minimum Gasteiger partial charge on any atom is -0.213 e. The summed E-state index contributed by atoms with van der Waals surface area (Å²) in [5.41, 5.74) is 0.923. The standard InChI is InChI=1S/C12H18ClNO2S/c1-2-3-9-17(15,16)14-10-12(13)11-7-5-4-6-8-11/h4-8,12,14H,2-3,9-10H2,1H3. The van der Waals surface area contributed by atoms with E-state index < -0.39 is 10.0 Å². The predicted octanol–water partition coefficient (Wildman–Crippen LogP) is 2.69. The molecule has 0 saturated heterocycles. The van der Waals surface area contributed by atoms with Crippen LogP contribution >= 0.6 is 11.6 Å². The van der Waals surface area contributed by atoms with Gasteiger partial charge in [-0.15, -0.1) is 11.6 Å². The molecule has 1 unspecified atom stereocenters. The lowest BCUT2D eigenvalue weighted by Gasteiger charge is -2.11. The summed E-state index contributed by atoms with van der Waals surface area (Å²) in [7, 11) is -3.18. The van der Waals surface area contributed by atoms with Gasteiger partial charge in [-0.1, -0.05) is 43.7 Å². The van der Waals surface area contributed by atoms with Crippen molar-refractivity contribution in [3.63, 3.8) is 0 Å². The molecule has 0 heterocycles. The van der Waals surface area contributed by atoms with Crippen LogP contribution in [0.25, 0.3) is 0 Å². The Morgan fingerprint density at radius 3 is 2.53 bits per heavy atom. The summed E-state index contributed by atoms with van der Waals surface area (Å²) >= 11 is 6.12. The number of halogens is 1. The normalized spacial score (nSPS) is 13.5. The van der Waals surface area contributed by atoms with Gasteiger partial charge >= 0.3 is 0 Å². The number of sulfonamides is 1. The fourth-order valence-corrected chi connectivity index (χ4v) is 2.93. The van der Waals surface area contributed by atoms with E-state index in [2.05, 4.69) is 4.72 Å². The van der Waals surface area contributed by atoms with E-state index in [4.69, 9.17) is 11.6 Å². The minimum atomic E-state index is -3.18. The van der Waals surface area contributed by atoms with Crippen molar-refractivity contribution in [1.29, 1.82) is 0 Å². The first-order valence-electron chi connectivity index (χ1n) is 5.71. The molecule has 0 aliphatic carbocycles. The van der Waals surface area contributed by atoms with Gasteiger partial charge in [-0.05, 0) is 12.0 Å². The monoisotopic (exact) mass is 275 g/mol. The first kappa shape index (κ1) is 14.5. The van der Waals surface area contributed by atoms with E-state index in [9.17, 15) is 8.42 Å². The van der Waals surface area contributed by atoms with Crippen molar-refractivity contribution in [3.05, 3.63) is 35.9 Å². The van der Waals surface area contributed by atoms with E-state index >= 15 is 0 Å². The van der Waals surface area contributed by atoms with Gasteiger partial charge < -0.3 is 0 Å². The highest BCUT2D eigenvalue weighted by molar-refractivity contribution is 7.89. The largest absolute Gasteiger partial charge is 0.213 e. The lowest BCUT2D eigenvalue weighted by atomic mass is 10.1. The fourth-order valence-electron chi connectivity index (χ4n) is 1.39.